The first-order valence-electron chi connectivity index (χ1n) is 9.27. The van der Waals surface area contributed by atoms with E-state index in [-0.39, 0.29) is 23.0 Å². The van der Waals surface area contributed by atoms with Gasteiger partial charge in [0.05, 0.1) is 16.4 Å². The topological polar surface area (TPSA) is 91.8 Å². The first-order chi connectivity index (χ1) is 13.8. The number of rotatable bonds is 6. The Kier molecular flexibility index (Phi) is 6.59. The number of carbonyl (C=O) groups excluding carboxylic acids is 3. The lowest BCUT2D eigenvalue weighted by atomic mass is 10.2. The highest BCUT2D eigenvalue weighted by molar-refractivity contribution is 8.18. The van der Waals surface area contributed by atoms with Crippen LogP contribution in [0.15, 0.2) is 47.4 Å². The molecule has 1 aromatic rings. The molecule has 9 heteroatoms. The normalized spacial score (nSPS) is 22.7. The second-order valence-electron chi connectivity index (χ2n) is 6.80. The number of hydrogen-bond donors (Lipinski definition) is 0. The van der Waals surface area contributed by atoms with Crippen molar-refractivity contribution in [2.75, 3.05) is 24.6 Å². The van der Waals surface area contributed by atoms with E-state index in [9.17, 15) is 22.8 Å². The molecule has 0 unspecified atom stereocenters. The standard InChI is InChI=1S/C20H22N2O5S2/c1-2-21(16-11-12-29(26,27)14-16)18(23)13-22-19(24)17(28-20(22)25)10-6-9-15-7-4-3-5-8-15/h3-10,16H,2,11-14H2,1H3/b9-6+,17-10+/t16-/m1/s1. The zero-order valence-corrected chi connectivity index (χ0v) is 17.6. The van der Waals surface area contributed by atoms with Gasteiger partial charge in [-0.3, -0.25) is 19.3 Å². The number of benzene rings is 1. The number of amides is 3. The van der Waals surface area contributed by atoms with Crippen LogP contribution in [0.3, 0.4) is 0 Å². The molecule has 2 fully saturated rings. The quantitative estimate of drug-likeness (QED) is 0.638. The number of nitrogens with zero attached hydrogens (tertiary/aromatic N) is 2. The molecule has 2 heterocycles. The summed E-state index contributed by atoms with van der Waals surface area (Å²) in [6, 6.07) is 9.12. The van der Waals surface area contributed by atoms with Crippen LogP contribution in [0.2, 0.25) is 0 Å². The number of carbonyl (C=O) groups is 3. The van der Waals surface area contributed by atoms with Gasteiger partial charge in [-0.1, -0.05) is 42.5 Å². The van der Waals surface area contributed by atoms with Crippen molar-refractivity contribution < 1.29 is 22.8 Å². The van der Waals surface area contributed by atoms with Gasteiger partial charge in [-0.05, 0) is 36.7 Å². The van der Waals surface area contributed by atoms with Crippen molar-refractivity contribution in [1.29, 1.82) is 0 Å². The van der Waals surface area contributed by atoms with Crippen molar-refractivity contribution >= 4 is 44.7 Å². The van der Waals surface area contributed by atoms with Crippen molar-refractivity contribution in [3.8, 4) is 0 Å². The average molecular weight is 435 g/mol. The Morgan fingerprint density at radius 2 is 2.00 bits per heavy atom. The van der Waals surface area contributed by atoms with Gasteiger partial charge in [0.2, 0.25) is 5.91 Å². The Hall–Kier alpha value is -2.39. The first-order valence-corrected chi connectivity index (χ1v) is 11.9. The van der Waals surface area contributed by atoms with E-state index in [2.05, 4.69) is 0 Å². The Balaban J connectivity index is 1.65. The number of thioether (sulfide) groups is 1. The van der Waals surface area contributed by atoms with E-state index >= 15 is 0 Å². The van der Waals surface area contributed by atoms with E-state index in [1.54, 1.807) is 19.1 Å². The second-order valence-corrected chi connectivity index (χ2v) is 10.0. The molecule has 154 valence electrons. The van der Waals surface area contributed by atoms with Crippen LogP contribution in [0, 0.1) is 0 Å². The molecule has 0 saturated carbocycles. The zero-order chi connectivity index (χ0) is 21.0. The molecule has 0 aliphatic carbocycles. The van der Waals surface area contributed by atoms with Crippen molar-refractivity contribution in [1.82, 2.24) is 9.80 Å². The molecular formula is C20H22N2O5S2. The summed E-state index contributed by atoms with van der Waals surface area (Å²) >= 11 is 0.791. The van der Waals surface area contributed by atoms with Gasteiger partial charge in [0, 0.05) is 12.6 Å². The monoisotopic (exact) mass is 434 g/mol. The maximum absolute atomic E-state index is 12.7. The van der Waals surface area contributed by atoms with Gasteiger partial charge in [0.25, 0.3) is 11.1 Å². The van der Waals surface area contributed by atoms with Gasteiger partial charge in [0.15, 0.2) is 9.84 Å². The van der Waals surface area contributed by atoms with E-state index in [1.165, 1.54) is 4.90 Å². The van der Waals surface area contributed by atoms with Crippen molar-refractivity contribution in [2.45, 2.75) is 19.4 Å². The molecule has 1 atom stereocenters. The largest absolute Gasteiger partial charge is 0.337 e. The molecule has 3 amide bonds. The average Bonchev–Trinajstić information content (AvgIpc) is 3.17. The molecule has 7 nitrogen and oxygen atoms in total. The van der Waals surface area contributed by atoms with Crippen LogP contribution in [0.5, 0.6) is 0 Å². The molecule has 2 aliphatic heterocycles. The van der Waals surface area contributed by atoms with Crippen LogP contribution in [0.25, 0.3) is 6.08 Å². The van der Waals surface area contributed by atoms with Gasteiger partial charge >= 0.3 is 0 Å². The van der Waals surface area contributed by atoms with Crippen molar-refractivity contribution in [3.63, 3.8) is 0 Å². The molecule has 0 radical (unpaired) electrons. The van der Waals surface area contributed by atoms with Gasteiger partial charge < -0.3 is 4.90 Å². The molecule has 0 aromatic heterocycles. The van der Waals surface area contributed by atoms with Crippen LogP contribution in [-0.4, -0.2) is 65.9 Å². The summed E-state index contributed by atoms with van der Waals surface area (Å²) in [5, 5.41) is -0.502. The third kappa shape index (κ3) is 5.16. The molecule has 2 aliphatic rings. The van der Waals surface area contributed by atoms with Crippen LogP contribution < -0.4 is 0 Å². The van der Waals surface area contributed by atoms with Crippen LogP contribution in [0.4, 0.5) is 4.79 Å². The highest BCUT2D eigenvalue weighted by Crippen LogP contribution is 2.31. The number of imide groups is 1. The third-order valence-electron chi connectivity index (χ3n) is 4.81. The lowest BCUT2D eigenvalue weighted by molar-refractivity contribution is -0.137. The van der Waals surface area contributed by atoms with Gasteiger partial charge in [-0.15, -0.1) is 0 Å². The minimum Gasteiger partial charge on any atom is -0.337 e. The fourth-order valence-corrected chi connectivity index (χ4v) is 5.87. The Morgan fingerprint density at radius 1 is 1.28 bits per heavy atom. The molecule has 1 aromatic carbocycles. The fraction of sp³-hybridized carbons (Fsp3) is 0.350. The van der Waals surface area contributed by atoms with Crippen molar-refractivity contribution in [3.05, 3.63) is 53.0 Å². The minimum atomic E-state index is -3.14. The molecule has 2 saturated heterocycles. The van der Waals surface area contributed by atoms with E-state index in [1.807, 2.05) is 36.4 Å². The molecule has 0 spiro atoms. The zero-order valence-electron chi connectivity index (χ0n) is 16.0. The summed E-state index contributed by atoms with van der Waals surface area (Å²) in [5.41, 5.74) is 0.961. The first kappa shape index (κ1) is 21.3. The molecule has 29 heavy (non-hydrogen) atoms. The maximum Gasteiger partial charge on any atom is 0.294 e. The second kappa shape index (κ2) is 8.96. The number of likely N-dealkylation sites (N-methyl/N-ethyl adjacent to an activating group) is 1. The van der Waals surface area contributed by atoms with Crippen LogP contribution in [0.1, 0.15) is 18.9 Å². The van der Waals surface area contributed by atoms with Crippen molar-refractivity contribution in [2.24, 2.45) is 0 Å². The lowest BCUT2D eigenvalue weighted by Crippen LogP contribution is -2.47. The van der Waals surface area contributed by atoms with E-state index in [0.29, 0.717) is 13.0 Å². The highest BCUT2D eigenvalue weighted by atomic mass is 32.2. The molecule has 0 bridgehead atoms. The number of allylic oxidation sites excluding steroid dienone is 2. The van der Waals surface area contributed by atoms with Gasteiger partial charge in [-0.25, -0.2) is 8.42 Å². The fourth-order valence-electron chi connectivity index (χ4n) is 3.35. The molecule has 0 N–H and O–H groups in total. The summed E-state index contributed by atoms with van der Waals surface area (Å²) in [4.78, 5) is 40.1. The number of hydrogen-bond acceptors (Lipinski definition) is 6. The minimum absolute atomic E-state index is 0.0551. The summed E-state index contributed by atoms with van der Waals surface area (Å²) in [5.74, 6) is -0.947. The van der Waals surface area contributed by atoms with E-state index < -0.39 is 32.9 Å². The summed E-state index contributed by atoms with van der Waals surface area (Å²) in [6.45, 7) is 1.70. The summed E-state index contributed by atoms with van der Waals surface area (Å²) in [7, 11) is -3.14. The summed E-state index contributed by atoms with van der Waals surface area (Å²) < 4.78 is 23.4. The SMILES string of the molecule is CCN(C(=O)CN1C(=O)S/C(=C/C=C/c2ccccc2)C1=O)[C@@H]1CCS(=O)(=O)C1. The Morgan fingerprint density at radius 3 is 2.62 bits per heavy atom. The lowest BCUT2D eigenvalue weighted by Gasteiger charge is -2.28. The van der Waals surface area contributed by atoms with Gasteiger partial charge in [-0.2, -0.15) is 0 Å². The predicted molar refractivity (Wildman–Crippen MR) is 113 cm³/mol. The van der Waals surface area contributed by atoms with E-state index in [0.717, 1.165) is 22.2 Å². The smallest absolute Gasteiger partial charge is 0.294 e. The highest BCUT2D eigenvalue weighted by Gasteiger charge is 2.39. The van der Waals surface area contributed by atoms with Gasteiger partial charge in [0.1, 0.15) is 6.54 Å². The third-order valence-corrected chi connectivity index (χ3v) is 7.49. The summed E-state index contributed by atoms with van der Waals surface area (Å²) in [6.07, 6.45) is 5.45. The van der Waals surface area contributed by atoms with Crippen LogP contribution in [-0.2, 0) is 19.4 Å². The predicted octanol–water partition coefficient (Wildman–Crippen LogP) is 2.31. The Bertz CT molecular complexity index is 970. The number of sulfone groups is 1. The Labute approximate surface area is 174 Å². The molecule has 3 rings (SSSR count). The van der Waals surface area contributed by atoms with E-state index in [4.69, 9.17) is 0 Å². The maximum atomic E-state index is 12.7. The van der Waals surface area contributed by atoms with Crippen LogP contribution >= 0.6 is 11.8 Å². The molecular weight excluding hydrogens is 412 g/mol.